The van der Waals surface area contributed by atoms with Crippen molar-refractivity contribution in [3.8, 4) is 0 Å². The van der Waals surface area contributed by atoms with Crippen LogP contribution in [0.1, 0.15) is 39.6 Å². The molecule has 1 N–H and O–H groups in total. The van der Waals surface area contributed by atoms with Gasteiger partial charge in [-0.25, -0.2) is 4.90 Å². The molecular weight excluding hydrogens is 280 g/mol. The van der Waals surface area contributed by atoms with E-state index in [1.807, 2.05) is 4.68 Å². The number of amides is 2. The molecule has 22 heavy (non-hydrogen) atoms. The van der Waals surface area contributed by atoms with Crippen LogP contribution in [0.4, 0.5) is 5.69 Å². The molecule has 0 radical (unpaired) electrons. The van der Waals surface area contributed by atoms with Gasteiger partial charge in [-0.1, -0.05) is 12.1 Å². The summed E-state index contributed by atoms with van der Waals surface area (Å²) in [5, 5.41) is 7.67. The van der Waals surface area contributed by atoms with E-state index in [4.69, 9.17) is 0 Å². The van der Waals surface area contributed by atoms with Gasteiger partial charge in [-0.15, -0.1) is 0 Å². The molecule has 6 nitrogen and oxygen atoms in total. The van der Waals surface area contributed by atoms with Crippen LogP contribution >= 0.6 is 0 Å². The van der Waals surface area contributed by atoms with Crippen LogP contribution in [0.25, 0.3) is 0 Å². The molecule has 2 amide bonds. The summed E-state index contributed by atoms with van der Waals surface area (Å²) in [5.41, 5.74) is 1.47. The van der Waals surface area contributed by atoms with Crippen LogP contribution in [-0.4, -0.2) is 34.7 Å². The zero-order valence-corrected chi connectivity index (χ0v) is 12.0. The number of anilines is 1. The van der Waals surface area contributed by atoms with Crippen molar-refractivity contribution in [1.29, 1.82) is 0 Å². The number of benzene rings is 1. The fourth-order valence-electron chi connectivity index (χ4n) is 3.14. The number of fused-ring (bicyclic) bond motifs is 1. The molecule has 0 saturated carbocycles. The molecule has 6 heteroatoms. The van der Waals surface area contributed by atoms with E-state index in [1.54, 1.807) is 36.7 Å². The van der Waals surface area contributed by atoms with Gasteiger partial charge in [-0.05, 0) is 38.1 Å². The minimum absolute atomic E-state index is 0.273. The second-order valence-corrected chi connectivity index (χ2v) is 5.65. The highest BCUT2D eigenvalue weighted by molar-refractivity contribution is 6.34. The number of carbonyl (C=O) groups excluding carboxylic acids is 2. The van der Waals surface area contributed by atoms with Crippen LogP contribution in [0.15, 0.2) is 36.7 Å². The minimum atomic E-state index is -0.273. The van der Waals surface area contributed by atoms with E-state index in [1.165, 1.54) is 4.90 Å². The summed E-state index contributed by atoms with van der Waals surface area (Å²) in [5.74, 6) is -0.545. The Hall–Kier alpha value is -2.47. The van der Waals surface area contributed by atoms with Crippen LogP contribution in [0.3, 0.4) is 0 Å². The third-order valence-corrected chi connectivity index (χ3v) is 4.32. The smallest absolute Gasteiger partial charge is 0.266 e. The first-order chi connectivity index (χ1) is 10.8. The Morgan fingerprint density at radius 1 is 1.05 bits per heavy atom. The van der Waals surface area contributed by atoms with E-state index in [0.717, 1.165) is 25.9 Å². The lowest BCUT2D eigenvalue weighted by molar-refractivity contribution is 0.0926. The average Bonchev–Trinajstić information content (AvgIpc) is 3.13. The van der Waals surface area contributed by atoms with Gasteiger partial charge in [0.05, 0.1) is 29.1 Å². The van der Waals surface area contributed by atoms with Gasteiger partial charge in [0.1, 0.15) is 0 Å². The Morgan fingerprint density at radius 2 is 1.68 bits per heavy atom. The molecule has 0 aliphatic carbocycles. The minimum Gasteiger partial charge on any atom is -0.317 e. The predicted octanol–water partition coefficient (Wildman–Crippen LogP) is 1.61. The monoisotopic (exact) mass is 296 g/mol. The van der Waals surface area contributed by atoms with Crippen molar-refractivity contribution in [1.82, 2.24) is 15.1 Å². The number of piperidine rings is 1. The third kappa shape index (κ3) is 1.95. The van der Waals surface area contributed by atoms with Crippen molar-refractivity contribution in [2.24, 2.45) is 0 Å². The number of hydrogen-bond donors (Lipinski definition) is 1. The number of nitrogens with one attached hydrogen (secondary N) is 1. The van der Waals surface area contributed by atoms with Gasteiger partial charge in [0.15, 0.2) is 0 Å². The van der Waals surface area contributed by atoms with Gasteiger partial charge in [0.2, 0.25) is 0 Å². The quantitative estimate of drug-likeness (QED) is 0.855. The lowest BCUT2D eigenvalue weighted by atomic mass is 10.1. The van der Waals surface area contributed by atoms with Crippen LogP contribution in [0.2, 0.25) is 0 Å². The lowest BCUT2D eigenvalue weighted by Gasteiger charge is -2.22. The summed E-state index contributed by atoms with van der Waals surface area (Å²) in [7, 11) is 0. The third-order valence-electron chi connectivity index (χ3n) is 4.32. The standard InChI is InChI=1S/C16H16N4O2/c21-15-13-3-1-2-4-14(13)16(22)20(15)12-9-18-19(10-12)11-5-7-17-8-6-11/h1-4,9-11,17H,5-8H2. The van der Waals surface area contributed by atoms with Gasteiger partial charge in [0, 0.05) is 6.20 Å². The SMILES string of the molecule is O=C1c2ccccc2C(=O)N1c1cnn(C2CCNCC2)c1. The van der Waals surface area contributed by atoms with E-state index in [2.05, 4.69) is 10.4 Å². The summed E-state index contributed by atoms with van der Waals surface area (Å²) in [4.78, 5) is 26.1. The van der Waals surface area contributed by atoms with Crippen molar-refractivity contribution in [2.75, 3.05) is 18.0 Å². The molecule has 0 unspecified atom stereocenters. The summed E-state index contributed by atoms with van der Waals surface area (Å²) in [6.45, 7) is 1.93. The number of nitrogens with zero attached hydrogens (tertiary/aromatic N) is 3. The number of imide groups is 1. The molecule has 1 saturated heterocycles. The first-order valence-corrected chi connectivity index (χ1v) is 7.48. The van der Waals surface area contributed by atoms with Crippen molar-refractivity contribution in [3.63, 3.8) is 0 Å². The zero-order valence-electron chi connectivity index (χ0n) is 12.0. The summed E-state index contributed by atoms with van der Waals surface area (Å²) in [6.07, 6.45) is 5.41. The molecule has 0 spiro atoms. The molecule has 0 bridgehead atoms. The Morgan fingerprint density at radius 3 is 2.32 bits per heavy atom. The number of hydrogen-bond acceptors (Lipinski definition) is 4. The maximum absolute atomic E-state index is 12.5. The van der Waals surface area contributed by atoms with Crippen molar-refractivity contribution >= 4 is 17.5 Å². The molecule has 2 aliphatic rings. The fourth-order valence-corrected chi connectivity index (χ4v) is 3.14. The van der Waals surface area contributed by atoms with Gasteiger partial charge < -0.3 is 5.32 Å². The second-order valence-electron chi connectivity index (χ2n) is 5.65. The first kappa shape index (κ1) is 13.2. The Bertz CT molecular complexity index is 711. The van der Waals surface area contributed by atoms with Crippen LogP contribution in [0.5, 0.6) is 0 Å². The molecule has 2 aliphatic heterocycles. The first-order valence-electron chi connectivity index (χ1n) is 7.48. The molecule has 112 valence electrons. The van der Waals surface area contributed by atoms with Crippen LogP contribution in [0, 0.1) is 0 Å². The topological polar surface area (TPSA) is 67.2 Å². The van der Waals surface area contributed by atoms with Crippen molar-refractivity contribution < 1.29 is 9.59 Å². The predicted molar refractivity (Wildman–Crippen MR) is 80.9 cm³/mol. The lowest BCUT2D eigenvalue weighted by Crippen LogP contribution is -2.30. The maximum Gasteiger partial charge on any atom is 0.266 e. The average molecular weight is 296 g/mol. The van der Waals surface area contributed by atoms with Crippen molar-refractivity contribution in [3.05, 3.63) is 47.8 Å². The molecule has 4 rings (SSSR count). The largest absolute Gasteiger partial charge is 0.317 e. The fraction of sp³-hybridized carbons (Fsp3) is 0.312. The number of rotatable bonds is 2. The number of aromatic nitrogens is 2. The number of carbonyl (C=O) groups is 2. The summed E-state index contributed by atoms with van der Waals surface area (Å²) >= 11 is 0. The maximum atomic E-state index is 12.5. The van der Waals surface area contributed by atoms with E-state index in [-0.39, 0.29) is 11.8 Å². The van der Waals surface area contributed by atoms with Crippen molar-refractivity contribution in [2.45, 2.75) is 18.9 Å². The van der Waals surface area contributed by atoms with E-state index in [9.17, 15) is 9.59 Å². The molecular formula is C16H16N4O2. The molecule has 1 aromatic heterocycles. The zero-order chi connectivity index (χ0) is 15.1. The Labute approximate surface area is 127 Å². The Balaban J connectivity index is 1.65. The normalized spacial score (nSPS) is 18.8. The van der Waals surface area contributed by atoms with E-state index >= 15 is 0 Å². The van der Waals surface area contributed by atoms with E-state index in [0.29, 0.717) is 22.9 Å². The van der Waals surface area contributed by atoms with Gasteiger partial charge >= 0.3 is 0 Å². The molecule has 3 heterocycles. The van der Waals surface area contributed by atoms with Gasteiger partial charge in [-0.2, -0.15) is 5.10 Å². The van der Waals surface area contributed by atoms with Gasteiger partial charge in [-0.3, -0.25) is 14.3 Å². The molecule has 1 fully saturated rings. The molecule has 1 aromatic carbocycles. The molecule has 2 aromatic rings. The second kappa shape index (κ2) is 5.06. The van der Waals surface area contributed by atoms with Crippen LogP contribution in [-0.2, 0) is 0 Å². The highest BCUT2D eigenvalue weighted by atomic mass is 16.2. The highest BCUT2D eigenvalue weighted by Crippen LogP contribution is 2.29. The Kier molecular flexibility index (Phi) is 3.04. The highest BCUT2D eigenvalue weighted by Gasteiger charge is 2.37. The van der Waals surface area contributed by atoms with Gasteiger partial charge in [0.25, 0.3) is 11.8 Å². The van der Waals surface area contributed by atoms with Crippen LogP contribution < -0.4 is 10.2 Å². The summed E-state index contributed by atoms with van der Waals surface area (Å²) in [6, 6.07) is 7.24. The molecule has 0 atom stereocenters. The van der Waals surface area contributed by atoms with E-state index < -0.39 is 0 Å². The summed E-state index contributed by atoms with van der Waals surface area (Å²) < 4.78 is 1.87.